The van der Waals surface area contributed by atoms with E-state index in [0.717, 1.165) is 41.8 Å². The van der Waals surface area contributed by atoms with Crippen LogP contribution in [0.2, 0.25) is 0 Å². The molecular weight excluding hydrogens is 342 g/mol. The average Bonchev–Trinajstić information content (AvgIpc) is 2.73. The molecule has 0 atom stereocenters. The first-order valence-electron chi connectivity index (χ1n) is 9.84. The van der Waals surface area contributed by atoms with Crippen molar-refractivity contribution in [2.24, 2.45) is 11.8 Å². The molecule has 0 bridgehead atoms. The summed E-state index contributed by atoms with van der Waals surface area (Å²) in [5.74, 6) is 4.18. The van der Waals surface area contributed by atoms with Crippen LogP contribution in [0.5, 0.6) is 11.5 Å². The van der Waals surface area contributed by atoms with Gasteiger partial charge in [-0.15, -0.1) is 0 Å². The van der Waals surface area contributed by atoms with Crippen LogP contribution in [0.25, 0.3) is 10.9 Å². The van der Waals surface area contributed by atoms with Gasteiger partial charge in [0.15, 0.2) is 11.5 Å². The molecule has 0 aliphatic carbocycles. The normalized spacial score (nSPS) is 19.4. The summed E-state index contributed by atoms with van der Waals surface area (Å²) in [5, 5.41) is 4.26. The maximum atomic E-state index is 6.24. The third-order valence-electron chi connectivity index (χ3n) is 6.09. The van der Waals surface area contributed by atoms with Gasteiger partial charge >= 0.3 is 0 Å². The smallest absolute Gasteiger partial charge is 0.227 e. The first-order valence-corrected chi connectivity index (χ1v) is 9.84. The fourth-order valence-electron chi connectivity index (χ4n) is 4.49. The zero-order chi connectivity index (χ0) is 18.8. The van der Waals surface area contributed by atoms with E-state index in [1.807, 2.05) is 12.1 Å². The molecule has 2 aromatic rings. The van der Waals surface area contributed by atoms with Crippen molar-refractivity contribution >= 4 is 22.7 Å². The van der Waals surface area contributed by atoms with Crippen molar-refractivity contribution in [1.82, 2.24) is 15.3 Å². The van der Waals surface area contributed by atoms with Crippen molar-refractivity contribution in [2.75, 3.05) is 51.0 Å². The van der Waals surface area contributed by atoms with E-state index in [2.05, 4.69) is 15.2 Å². The van der Waals surface area contributed by atoms with Crippen molar-refractivity contribution < 1.29 is 9.47 Å². The number of aromatic nitrogens is 2. The molecule has 146 valence electrons. The number of ether oxygens (including phenoxy) is 2. The van der Waals surface area contributed by atoms with Gasteiger partial charge in [0, 0.05) is 24.5 Å². The third-order valence-corrected chi connectivity index (χ3v) is 6.09. The second-order valence-electron chi connectivity index (χ2n) is 7.55. The predicted molar refractivity (Wildman–Crippen MR) is 108 cm³/mol. The summed E-state index contributed by atoms with van der Waals surface area (Å²) in [4.78, 5) is 11.6. The van der Waals surface area contributed by atoms with Gasteiger partial charge in [0.05, 0.1) is 19.7 Å². The van der Waals surface area contributed by atoms with Gasteiger partial charge in [0.25, 0.3) is 0 Å². The lowest BCUT2D eigenvalue weighted by atomic mass is 9.79. The van der Waals surface area contributed by atoms with Gasteiger partial charge in [0.1, 0.15) is 5.82 Å². The lowest BCUT2D eigenvalue weighted by molar-refractivity contribution is 0.221. The molecule has 2 aliphatic heterocycles. The second-order valence-corrected chi connectivity index (χ2v) is 7.55. The highest BCUT2D eigenvalue weighted by atomic mass is 16.5. The van der Waals surface area contributed by atoms with Gasteiger partial charge in [-0.3, -0.25) is 0 Å². The van der Waals surface area contributed by atoms with E-state index in [-0.39, 0.29) is 0 Å². The molecule has 0 amide bonds. The molecule has 0 saturated carbocycles. The Morgan fingerprint density at radius 3 is 2.26 bits per heavy atom. The lowest BCUT2D eigenvalue weighted by Gasteiger charge is -2.37. The summed E-state index contributed by atoms with van der Waals surface area (Å²) in [6.07, 6.45) is 5.03. The zero-order valence-electron chi connectivity index (χ0n) is 16.2. The third kappa shape index (κ3) is 3.60. The Kier molecular flexibility index (Phi) is 5.20. The van der Waals surface area contributed by atoms with E-state index in [1.165, 1.54) is 38.8 Å². The highest BCUT2D eigenvalue weighted by Gasteiger charge is 2.28. The van der Waals surface area contributed by atoms with Crippen molar-refractivity contribution in [1.29, 1.82) is 0 Å². The number of hydrogen-bond donors (Lipinski definition) is 2. The first-order chi connectivity index (χ1) is 13.2. The molecule has 2 fully saturated rings. The number of anilines is 2. The number of nitrogen functional groups attached to an aromatic ring is 1. The van der Waals surface area contributed by atoms with E-state index >= 15 is 0 Å². The molecule has 7 heteroatoms. The van der Waals surface area contributed by atoms with Crippen molar-refractivity contribution in [3.8, 4) is 11.5 Å². The molecule has 0 unspecified atom stereocenters. The number of rotatable bonds is 4. The first kappa shape index (κ1) is 18.1. The van der Waals surface area contributed by atoms with Crippen molar-refractivity contribution in [3.05, 3.63) is 12.1 Å². The molecule has 3 heterocycles. The van der Waals surface area contributed by atoms with Gasteiger partial charge in [-0.25, -0.2) is 4.98 Å². The van der Waals surface area contributed by atoms with Crippen LogP contribution < -0.4 is 25.4 Å². The highest BCUT2D eigenvalue weighted by molar-refractivity contribution is 5.91. The summed E-state index contributed by atoms with van der Waals surface area (Å²) in [6.45, 7) is 4.32. The monoisotopic (exact) mass is 371 g/mol. The highest BCUT2D eigenvalue weighted by Crippen LogP contribution is 2.35. The van der Waals surface area contributed by atoms with E-state index in [1.54, 1.807) is 14.2 Å². The van der Waals surface area contributed by atoms with Crippen LogP contribution in [0.1, 0.15) is 25.7 Å². The summed E-state index contributed by atoms with van der Waals surface area (Å²) in [7, 11) is 3.24. The molecule has 1 aromatic carbocycles. The van der Waals surface area contributed by atoms with Crippen LogP contribution >= 0.6 is 0 Å². The minimum absolute atomic E-state index is 0.483. The molecule has 27 heavy (non-hydrogen) atoms. The number of nitrogens with zero attached hydrogens (tertiary/aromatic N) is 3. The molecule has 0 spiro atoms. The molecular formula is C20H29N5O2. The maximum absolute atomic E-state index is 6.24. The number of piperidine rings is 2. The molecule has 4 rings (SSSR count). The van der Waals surface area contributed by atoms with E-state index < -0.39 is 0 Å². The molecule has 7 nitrogen and oxygen atoms in total. The quantitative estimate of drug-likeness (QED) is 0.854. The van der Waals surface area contributed by atoms with Crippen LogP contribution in [0.4, 0.5) is 11.8 Å². The van der Waals surface area contributed by atoms with E-state index in [9.17, 15) is 0 Å². The number of benzene rings is 1. The number of hydrogen-bond acceptors (Lipinski definition) is 7. The number of methoxy groups -OCH3 is 2. The second kappa shape index (κ2) is 7.76. The van der Waals surface area contributed by atoms with Crippen LogP contribution in [-0.2, 0) is 0 Å². The summed E-state index contributed by atoms with van der Waals surface area (Å²) in [5.41, 5.74) is 7.03. The average molecular weight is 371 g/mol. The molecule has 2 aliphatic rings. The Balaban J connectivity index is 1.54. The van der Waals surface area contributed by atoms with Crippen molar-refractivity contribution in [3.63, 3.8) is 0 Å². The molecule has 1 aromatic heterocycles. The Bertz CT molecular complexity index is 799. The summed E-state index contributed by atoms with van der Waals surface area (Å²) >= 11 is 0. The van der Waals surface area contributed by atoms with Crippen LogP contribution in [0.15, 0.2) is 12.1 Å². The molecule has 2 saturated heterocycles. The Hall–Kier alpha value is -2.28. The Morgan fingerprint density at radius 1 is 0.963 bits per heavy atom. The Morgan fingerprint density at radius 2 is 1.59 bits per heavy atom. The minimum Gasteiger partial charge on any atom is -0.493 e. The van der Waals surface area contributed by atoms with Crippen LogP contribution in [0.3, 0.4) is 0 Å². The van der Waals surface area contributed by atoms with Gasteiger partial charge in [-0.05, 0) is 56.7 Å². The number of nitrogens with two attached hydrogens (primary N) is 1. The van der Waals surface area contributed by atoms with Gasteiger partial charge in [-0.2, -0.15) is 4.98 Å². The fourth-order valence-corrected chi connectivity index (χ4v) is 4.49. The van der Waals surface area contributed by atoms with Crippen LogP contribution in [-0.4, -0.2) is 50.4 Å². The van der Waals surface area contributed by atoms with E-state index in [0.29, 0.717) is 17.3 Å². The van der Waals surface area contributed by atoms with Gasteiger partial charge in [0.2, 0.25) is 5.95 Å². The largest absolute Gasteiger partial charge is 0.493 e. The standard InChI is InChI=1S/C20H29N5O2/c1-26-17-11-15-16(12-18(17)27-2)23-20(24-19(15)21)25-9-5-14(6-10-25)13-3-7-22-8-4-13/h11-14,22H,3-10H2,1-2H3,(H2,21,23,24). The minimum atomic E-state index is 0.483. The molecule has 0 radical (unpaired) electrons. The number of fused-ring (bicyclic) bond motifs is 1. The lowest BCUT2D eigenvalue weighted by Crippen LogP contribution is -2.40. The summed E-state index contributed by atoms with van der Waals surface area (Å²) < 4.78 is 10.8. The number of nitrogens with one attached hydrogen (secondary N) is 1. The zero-order valence-corrected chi connectivity index (χ0v) is 16.2. The Labute approximate surface area is 160 Å². The topological polar surface area (TPSA) is 85.5 Å². The SMILES string of the molecule is COc1cc2nc(N3CCC(C4CCNCC4)CC3)nc(N)c2cc1OC. The van der Waals surface area contributed by atoms with E-state index in [4.69, 9.17) is 20.2 Å². The fraction of sp³-hybridized carbons (Fsp3) is 0.600. The maximum Gasteiger partial charge on any atom is 0.227 e. The van der Waals surface area contributed by atoms with Crippen LogP contribution in [0, 0.1) is 11.8 Å². The van der Waals surface area contributed by atoms with Gasteiger partial charge in [-0.1, -0.05) is 0 Å². The summed E-state index contributed by atoms with van der Waals surface area (Å²) in [6, 6.07) is 3.72. The van der Waals surface area contributed by atoms with Gasteiger partial charge < -0.3 is 25.4 Å². The molecule has 3 N–H and O–H groups in total. The predicted octanol–water partition coefficient (Wildman–Crippen LogP) is 2.45. The van der Waals surface area contributed by atoms with Crippen molar-refractivity contribution in [2.45, 2.75) is 25.7 Å².